The normalized spacial score (nSPS) is 14.9. The summed E-state index contributed by atoms with van der Waals surface area (Å²) in [5, 5.41) is 15.5. The van der Waals surface area contributed by atoms with Gasteiger partial charge in [-0.05, 0) is 31.9 Å². The summed E-state index contributed by atoms with van der Waals surface area (Å²) in [5.41, 5.74) is 5.63. The number of nitrogen functional groups attached to an aromatic ring is 1. The highest BCUT2D eigenvalue weighted by Gasteiger charge is 2.37. The lowest BCUT2D eigenvalue weighted by molar-refractivity contribution is -0.382. The third-order valence-corrected chi connectivity index (χ3v) is 7.03. The molecule has 0 saturated carbocycles. The number of benzene rings is 1. The number of anilines is 2. The van der Waals surface area contributed by atoms with Crippen LogP contribution in [-0.2, 0) is 16.3 Å². The van der Waals surface area contributed by atoms with E-state index in [0.717, 1.165) is 6.42 Å². The number of fused-ring (bicyclic) bond motifs is 3. The Labute approximate surface area is 167 Å². The summed E-state index contributed by atoms with van der Waals surface area (Å²) < 4.78 is 28.0. The highest BCUT2D eigenvalue weighted by Crippen LogP contribution is 2.39. The van der Waals surface area contributed by atoms with Crippen LogP contribution in [0.25, 0.3) is 5.65 Å². The van der Waals surface area contributed by atoms with E-state index in [-0.39, 0.29) is 27.4 Å². The van der Waals surface area contributed by atoms with E-state index in [1.165, 1.54) is 16.6 Å². The minimum atomic E-state index is -3.99. The average Bonchev–Trinajstić information content (AvgIpc) is 3.27. The van der Waals surface area contributed by atoms with Crippen molar-refractivity contribution >= 4 is 32.8 Å². The maximum absolute atomic E-state index is 13.4. The fraction of sp³-hybridized carbons (Fsp3) is 0.333. The minimum absolute atomic E-state index is 0.0798. The van der Waals surface area contributed by atoms with Crippen molar-refractivity contribution in [1.82, 2.24) is 14.6 Å². The van der Waals surface area contributed by atoms with E-state index < -0.39 is 20.4 Å². The summed E-state index contributed by atoms with van der Waals surface area (Å²) >= 11 is 0. The predicted octanol–water partition coefficient (Wildman–Crippen LogP) is 2.21. The summed E-state index contributed by atoms with van der Waals surface area (Å²) in [4.78, 5) is 17.2. The van der Waals surface area contributed by atoms with E-state index in [1.807, 2.05) is 18.7 Å². The van der Waals surface area contributed by atoms with Crippen molar-refractivity contribution in [1.29, 1.82) is 0 Å². The molecule has 0 amide bonds. The fourth-order valence-electron chi connectivity index (χ4n) is 3.66. The third kappa shape index (κ3) is 2.80. The van der Waals surface area contributed by atoms with Gasteiger partial charge in [0.25, 0.3) is 0 Å². The van der Waals surface area contributed by atoms with Gasteiger partial charge in [0, 0.05) is 18.2 Å². The molecule has 0 fully saturated rings. The molecule has 0 spiro atoms. The van der Waals surface area contributed by atoms with E-state index in [1.54, 1.807) is 18.2 Å². The number of nitrogens with two attached hydrogens (primary N) is 1. The molecule has 2 aromatic heterocycles. The smallest absolute Gasteiger partial charge is 0.357 e. The first kappa shape index (κ1) is 19.1. The van der Waals surface area contributed by atoms with Crippen molar-refractivity contribution in [2.75, 3.05) is 17.2 Å². The number of sulfone groups is 1. The van der Waals surface area contributed by atoms with Gasteiger partial charge in [-0.1, -0.05) is 25.1 Å². The standard InChI is InChI=1S/C18H20N6O4S/c1-3-11(2)22-10-9-13-17(29(27,28)12-7-5-4-6-8-12)20-16-14(24(25)26)15(19)21-23(16)18(13)22/h4-8,11H,3,9-10H2,1-2H3,(H2,19,21). The molecule has 1 atom stereocenters. The van der Waals surface area contributed by atoms with Gasteiger partial charge in [-0.3, -0.25) is 10.1 Å². The van der Waals surface area contributed by atoms with Crippen molar-refractivity contribution in [3.05, 3.63) is 46.0 Å². The lowest BCUT2D eigenvalue weighted by Gasteiger charge is -2.26. The molecule has 3 aromatic rings. The summed E-state index contributed by atoms with van der Waals surface area (Å²) in [5.74, 6) is 0.202. The van der Waals surface area contributed by atoms with Crippen molar-refractivity contribution in [2.45, 2.75) is 42.7 Å². The van der Waals surface area contributed by atoms with Gasteiger partial charge < -0.3 is 10.6 Å². The molecule has 1 unspecified atom stereocenters. The van der Waals surface area contributed by atoms with Gasteiger partial charge in [0.05, 0.1) is 9.82 Å². The van der Waals surface area contributed by atoms with Gasteiger partial charge in [0.2, 0.25) is 21.3 Å². The molecule has 0 aliphatic carbocycles. The fourth-order valence-corrected chi connectivity index (χ4v) is 5.13. The van der Waals surface area contributed by atoms with Crippen molar-refractivity contribution in [3.8, 4) is 0 Å². The molecule has 0 radical (unpaired) electrons. The molecule has 29 heavy (non-hydrogen) atoms. The van der Waals surface area contributed by atoms with Gasteiger partial charge in [0.1, 0.15) is 5.82 Å². The van der Waals surface area contributed by atoms with Crippen LogP contribution in [0.5, 0.6) is 0 Å². The maximum Gasteiger partial charge on any atom is 0.357 e. The highest BCUT2D eigenvalue weighted by atomic mass is 32.2. The molecule has 4 rings (SSSR count). The van der Waals surface area contributed by atoms with Crippen LogP contribution in [0, 0.1) is 10.1 Å². The molecule has 2 N–H and O–H groups in total. The van der Waals surface area contributed by atoms with E-state index >= 15 is 0 Å². The highest BCUT2D eigenvalue weighted by molar-refractivity contribution is 7.91. The van der Waals surface area contributed by atoms with Crippen LogP contribution in [-0.4, -0.2) is 40.5 Å². The molecule has 11 heteroatoms. The monoisotopic (exact) mass is 416 g/mol. The maximum atomic E-state index is 13.4. The second kappa shape index (κ2) is 6.69. The molecular weight excluding hydrogens is 396 g/mol. The van der Waals surface area contributed by atoms with Crippen LogP contribution >= 0.6 is 0 Å². The lowest BCUT2D eigenvalue weighted by atomic mass is 10.2. The van der Waals surface area contributed by atoms with Crippen molar-refractivity contribution in [2.24, 2.45) is 0 Å². The number of aromatic nitrogens is 3. The van der Waals surface area contributed by atoms with E-state index in [9.17, 15) is 18.5 Å². The molecule has 1 aliphatic rings. The zero-order valence-electron chi connectivity index (χ0n) is 15.9. The average molecular weight is 416 g/mol. The predicted molar refractivity (Wildman–Crippen MR) is 107 cm³/mol. The number of rotatable bonds is 5. The van der Waals surface area contributed by atoms with Crippen molar-refractivity contribution in [3.63, 3.8) is 0 Å². The summed E-state index contributed by atoms with van der Waals surface area (Å²) in [6.07, 6.45) is 1.25. The Hall–Kier alpha value is -3.21. The quantitative estimate of drug-likeness (QED) is 0.380. The Balaban J connectivity index is 2.10. The Bertz CT molecular complexity index is 1220. The molecule has 0 bridgehead atoms. The Kier molecular flexibility index (Phi) is 4.41. The third-order valence-electron chi connectivity index (χ3n) is 5.29. The first-order valence-corrected chi connectivity index (χ1v) is 10.7. The van der Waals surface area contributed by atoms with Crippen molar-refractivity contribution < 1.29 is 13.3 Å². The zero-order chi connectivity index (χ0) is 20.9. The Morgan fingerprint density at radius 1 is 1.31 bits per heavy atom. The van der Waals surface area contributed by atoms with E-state index in [0.29, 0.717) is 24.3 Å². The molecule has 1 aliphatic heterocycles. The first-order chi connectivity index (χ1) is 13.8. The van der Waals surface area contributed by atoms with Gasteiger partial charge in [0.15, 0.2) is 5.03 Å². The topological polar surface area (TPSA) is 137 Å². The Morgan fingerprint density at radius 3 is 2.62 bits per heavy atom. The number of hydrogen-bond acceptors (Lipinski definition) is 8. The van der Waals surface area contributed by atoms with Gasteiger partial charge in [-0.15, -0.1) is 5.10 Å². The number of nitrogens with zero attached hydrogens (tertiary/aromatic N) is 5. The SMILES string of the molecule is CCC(C)N1CCc2c(S(=O)(=O)c3ccccc3)nc3c([N+](=O)[O-])c(N)nn3c21. The molecular formula is C18H20N6O4S. The largest absolute Gasteiger partial charge is 0.376 e. The molecule has 3 heterocycles. The molecule has 152 valence electrons. The summed E-state index contributed by atoms with van der Waals surface area (Å²) in [6.45, 7) is 4.59. The van der Waals surface area contributed by atoms with Crippen LogP contribution in [0.3, 0.4) is 0 Å². The van der Waals surface area contributed by atoms with Gasteiger partial charge in [-0.2, -0.15) is 4.52 Å². The minimum Gasteiger partial charge on any atom is -0.376 e. The van der Waals surface area contributed by atoms with Crippen LogP contribution in [0.1, 0.15) is 25.8 Å². The van der Waals surface area contributed by atoms with Crippen LogP contribution in [0.15, 0.2) is 40.3 Å². The first-order valence-electron chi connectivity index (χ1n) is 9.19. The zero-order valence-corrected chi connectivity index (χ0v) is 16.8. The lowest BCUT2D eigenvalue weighted by Crippen LogP contribution is -2.32. The van der Waals surface area contributed by atoms with Gasteiger partial charge in [-0.25, -0.2) is 13.4 Å². The van der Waals surface area contributed by atoms with E-state index in [4.69, 9.17) is 5.73 Å². The summed E-state index contributed by atoms with van der Waals surface area (Å²) in [6, 6.07) is 8.00. The molecule has 10 nitrogen and oxygen atoms in total. The van der Waals surface area contributed by atoms with Crippen LogP contribution < -0.4 is 10.6 Å². The second-order valence-corrected chi connectivity index (χ2v) is 8.83. The number of hydrogen-bond donors (Lipinski definition) is 1. The van der Waals surface area contributed by atoms with Gasteiger partial charge >= 0.3 is 5.69 Å². The Morgan fingerprint density at radius 2 is 2.00 bits per heavy atom. The van der Waals surface area contributed by atoms with Crippen LogP contribution in [0.2, 0.25) is 0 Å². The molecule has 1 aromatic carbocycles. The molecule has 0 saturated heterocycles. The summed E-state index contributed by atoms with van der Waals surface area (Å²) in [7, 11) is -3.99. The second-order valence-electron chi connectivity index (χ2n) is 6.96. The van der Waals surface area contributed by atoms with Crippen LogP contribution in [0.4, 0.5) is 17.3 Å². The van der Waals surface area contributed by atoms with E-state index in [2.05, 4.69) is 10.1 Å². The number of nitro groups is 1.